The second kappa shape index (κ2) is 8.75. The Morgan fingerprint density at radius 1 is 1.24 bits per heavy atom. The Hall–Kier alpha value is -2.71. The molecular formula is C21H23FN2O4S. The molecule has 0 aliphatic heterocycles. The molecule has 0 aromatic heterocycles. The van der Waals surface area contributed by atoms with Crippen molar-refractivity contribution in [1.82, 2.24) is 9.62 Å². The number of carbonyl (C=O) groups is 1. The number of amides is 1. The largest absolute Gasteiger partial charge is 0.495 e. The van der Waals surface area contributed by atoms with Gasteiger partial charge in [-0.15, -0.1) is 0 Å². The van der Waals surface area contributed by atoms with Gasteiger partial charge in [0.15, 0.2) is 0 Å². The number of nitrogens with one attached hydrogen (secondary N) is 1. The molecule has 2 aromatic carbocycles. The summed E-state index contributed by atoms with van der Waals surface area (Å²) < 4.78 is 44.9. The summed E-state index contributed by atoms with van der Waals surface area (Å²) in [5, 5.41) is 0. The molecule has 8 heteroatoms. The number of rotatable bonds is 8. The number of benzene rings is 2. The standard InChI is InChI=1S/C21H23FN2O4S/c1-23-29(26,27)20-13-15(5-11-19(20)28-2)6-12-21(25)24(18-9-10-18)14-16-3-7-17(22)8-4-16/h3-8,11-13,18,23H,9-10,14H2,1-2H3/b12-6+. The van der Waals surface area contributed by atoms with Crippen molar-refractivity contribution in [2.24, 2.45) is 0 Å². The molecule has 0 heterocycles. The van der Waals surface area contributed by atoms with Crippen LogP contribution in [0, 0.1) is 5.82 Å². The highest BCUT2D eigenvalue weighted by atomic mass is 32.2. The van der Waals surface area contributed by atoms with Crippen molar-refractivity contribution in [3.05, 3.63) is 65.5 Å². The SMILES string of the molecule is CNS(=O)(=O)c1cc(/C=C/C(=O)N(Cc2ccc(F)cc2)C2CC2)ccc1OC. The van der Waals surface area contributed by atoms with Crippen LogP contribution in [0.1, 0.15) is 24.0 Å². The van der Waals surface area contributed by atoms with Gasteiger partial charge in [-0.1, -0.05) is 18.2 Å². The highest BCUT2D eigenvalue weighted by Gasteiger charge is 2.31. The molecule has 6 nitrogen and oxygen atoms in total. The van der Waals surface area contributed by atoms with E-state index in [2.05, 4.69) is 4.72 Å². The van der Waals surface area contributed by atoms with Gasteiger partial charge < -0.3 is 9.64 Å². The van der Waals surface area contributed by atoms with E-state index in [1.54, 1.807) is 35.2 Å². The summed E-state index contributed by atoms with van der Waals surface area (Å²) in [6, 6.07) is 10.9. The van der Waals surface area contributed by atoms with Crippen LogP contribution in [0.4, 0.5) is 4.39 Å². The lowest BCUT2D eigenvalue weighted by atomic mass is 10.2. The van der Waals surface area contributed by atoms with E-state index >= 15 is 0 Å². The number of carbonyl (C=O) groups excluding carboxylic acids is 1. The zero-order valence-electron chi connectivity index (χ0n) is 16.3. The topological polar surface area (TPSA) is 75.7 Å². The first-order chi connectivity index (χ1) is 13.8. The number of sulfonamides is 1. The molecule has 1 amide bonds. The third kappa shape index (κ3) is 5.21. The summed E-state index contributed by atoms with van der Waals surface area (Å²) >= 11 is 0. The van der Waals surface area contributed by atoms with Crippen LogP contribution in [0.3, 0.4) is 0 Å². The van der Waals surface area contributed by atoms with Crippen LogP contribution in [0.2, 0.25) is 0 Å². The molecule has 1 fully saturated rings. The van der Waals surface area contributed by atoms with E-state index in [4.69, 9.17) is 4.74 Å². The Kier molecular flexibility index (Phi) is 6.34. The highest BCUT2D eigenvalue weighted by molar-refractivity contribution is 7.89. The summed E-state index contributed by atoms with van der Waals surface area (Å²) in [6.45, 7) is 0.399. The smallest absolute Gasteiger partial charge is 0.247 e. The predicted octanol–water partition coefficient (Wildman–Crippen LogP) is 2.95. The number of methoxy groups -OCH3 is 1. The number of hydrogen-bond donors (Lipinski definition) is 1. The van der Waals surface area contributed by atoms with Gasteiger partial charge in [0, 0.05) is 18.7 Å². The molecule has 0 bridgehead atoms. The lowest BCUT2D eigenvalue weighted by molar-refractivity contribution is -0.127. The van der Waals surface area contributed by atoms with Crippen molar-refractivity contribution in [3.63, 3.8) is 0 Å². The molecule has 0 saturated heterocycles. The summed E-state index contributed by atoms with van der Waals surface area (Å²) in [5.41, 5.74) is 1.41. The maximum atomic E-state index is 13.1. The number of halogens is 1. The van der Waals surface area contributed by atoms with Crippen molar-refractivity contribution in [2.45, 2.75) is 30.3 Å². The Morgan fingerprint density at radius 2 is 1.93 bits per heavy atom. The maximum absolute atomic E-state index is 13.1. The van der Waals surface area contributed by atoms with Crippen LogP contribution < -0.4 is 9.46 Å². The first kappa shape index (κ1) is 21.0. The zero-order valence-corrected chi connectivity index (χ0v) is 17.1. The fraction of sp³-hybridized carbons (Fsp3) is 0.286. The molecule has 2 aromatic rings. The van der Waals surface area contributed by atoms with Crippen LogP contribution in [-0.4, -0.2) is 39.4 Å². The Labute approximate surface area is 170 Å². The first-order valence-electron chi connectivity index (χ1n) is 9.19. The van der Waals surface area contributed by atoms with Crippen LogP contribution in [0.15, 0.2) is 53.4 Å². The molecule has 154 valence electrons. The van der Waals surface area contributed by atoms with Gasteiger partial charge in [0.2, 0.25) is 15.9 Å². The van der Waals surface area contributed by atoms with E-state index in [0.717, 1.165) is 18.4 Å². The Morgan fingerprint density at radius 3 is 2.52 bits per heavy atom. The normalized spacial score (nSPS) is 14.2. The van der Waals surface area contributed by atoms with Gasteiger partial charge in [0.1, 0.15) is 16.5 Å². The third-order valence-electron chi connectivity index (χ3n) is 4.70. The van der Waals surface area contributed by atoms with Crippen molar-refractivity contribution >= 4 is 22.0 Å². The molecule has 3 rings (SSSR count). The third-order valence-corrected chi connectivity index (χ3v) is 6.14. The lowest BCUT2D eigenvalue weighted by Crippen LogP contribution is -2.31. The van der Waals surface area contributed by atoms with Crippen LogP contribution in [0.5, 0.6) is 5.75 Å². The van der Waals surface area contributed by atoms with Crippen LogP contribution in [-0.2, 0) is 21.4 Å². The van der Waals surface area contributed by atoms with Gasteiger partial charge in [-0.3, -0.25) is 4.79 Å². The molecule has 1 saturated carbocycles. The molecule has 0 spiro atoms. The minimum atomic E-state index is -3.70. The van der Waals surface area contributed by atoms with Crippen LogP contribution in [0.25, 0.3) is 6.08 Å². The maximum Gasteiger partial charge on any atom is 0.247 e. The van der Waals surface area contributed by atoms with Gasteiger partial charge in [0.05, 0.1) is 7.11 Å². The molecule has 0 unspecified atom stereocenters. The van der Waals surface area contributed by atoms with Crippen molar-refractivity contribution in [3.8, 4) is 5.75 Å². The molecule has 1 aliphatic rings. The summed E-state index contributed by atoms with van der Waals surface area (Å²) in [5.74, 6) is -0.269. The second-order valence-corrected chi connectivity index (χ2v) is 8.63. The Balaban J connectivity index is 1.79. The summed E-state index contributed by atoms with van der Waals surface area (Å²) in [7, 11) is -0.983. The quantitative estimate of drug-likeness (QED) is 0.669. The highest BCUT2D eigenvalue weighted by Crippen LogP contribution is 2.29. The van der Waals surface area contributed by atoms with E-state index in [9.17, 15) is 17.6 Å². The Bertz CT molecular complexity index is 1020. The van der Waals surface area contributed by atoms with E-state index in [-0.39, 0.29) is 28.4 Å². The van der Waals surface area contributed by atoms with Gasteiger partial charge in [-0.2, -0.15) is 0 Å². The van der Waals surface area contributed by atoms with Gasteiger partial charge in [-0.05, 0) is 61.4 Å². The zero-order chi connectivity index (χ0) is 21.0. The van der Waals surface area contributed by atoms with E-state index in [1.165, 1.54) is 38.4 Å². The second-order valence-electron chi connectivity index (χ2n) is 6.77. The molecule has 1 N–H and O–H groups in total. The molecule has 0 radical (unpaired) electrons. The minimum absolute atomic E-state index is 0.00228. The molecule has 1 aliphatic carbocycles. The predicted molar refractivity (Wildman–Crippen MR) is 108 cm³/mol. The van der Waals surface area contributed by atoms with Gasteiger partial charge >= 0.3 is 0 Å². The van der Waals surface area contributed by atoms with E-state index < -0.39 is 10.0 Å². The van der Waals surface area contributed by atoms with Crippen LogP contribution >= 0.6 is 0 Å². The van der Waals surface area contributed by atoms with Gasteiger partial charge in [-0.25, -0.2) is 17.5 Å². The molecule has 29 heavy (non-hydrogen) atoms. The minimum Gasteiger partial charge on any atom is -0.495 e. The number of nitrogens with zero attached hydrogens (tertiary/aromatic N) is 1. The number of hydrogen-bond acceptors (Lipinski definition) is 4. The summed E-state index contributed by atoms with van der Waals surface area (Å²) in [4.78, 5) is 14.5. The average molecular weight is 418 g/mol. The monoisotopic (exact) mass is 418 g/mol. The number of ether oxygens (including phenoxy) is 1. The van der Waals surface area contributed by atoms with Crippen molar-refractivity contribution in [2.75, 3.05) is 14.2 Å². The van der Waals surface area contributed by atoms with Crippen molar-refractivity contribution in [1.29, 1.82) is 0 Å². The fourth-order valence-corrected chi connectivity index (χ4v) is 3.87. The summed E-state index contributed by atoms with van der Waals surface area (Å²) in [6.07, 6.45) is 4.89. The average Bonchev–Trinajstić information content (AvgIpc) is 3.56. The van der Waals surface area contributed by atoms with Gasteiger partial charge in [0.25, 0.3) is 0 Å². The van der Waals surface area contributed by atoms with E-state index in [0.29, 0.717) is 12.1 Å². The van der Waals surface area contributed by atoms with E-state index in [1.807, 2.05) is 0 Å². The molecule has 0 atom stereocenters. The molecular weight excluding hydrogens is 395 g/mol. The van der Waals surface area contributed by atoms with Crippen molar-refractivity contribution < 1.29 is 22.3 Å². The first-order valence-corrected chi connectivity index (χ1v) is 10.7. The lowest BCUT2D eigenvalue weighted by Gasteiger charge is -2.21. The fourth-order valence-electron chi connectivity index (χ4n) is 2.94.